The largest absolute Gasteiger partial charge is 0.344 e. The van der Waals surface area contributed by atoms with E-state index in [1.54, 1.807) is 19.0 Å². The third-order valence-corrected chi connectivity index (χ3v) is 2.92. The van der Waals surface area contributed by atoms with Crippen molar-refractivity contribution in [2.75, 3.05) is 13.6 Å². The number of likely N-dealkylation sites (N-methyl/N-ethyl adjacent to an activating group) is 1. The molecule has 0 radical (unpaired) electrons. The second-order valence-corrected chi connectivity index (χ2v) is 4.09. The van der Waals surface area contributed by atoms with E-state index in [1.165, 1.54) is 21.8 Å². The summed E-state index contributed by atoms with van der Waals surface area (Å²) in [7, 11) is 3.42. The molecule has 7 heteroatoms. The second-order valence-electron chi connectivity index (χ2n) is 4.09. The fourth-order valence-corrected chi connectivity index (χ4v) is 1.62. The molecule has 0 aromatic carbocycles. The van der Waals surface area contributed by atoms with Gasteiger partial charge in [-0.25, -0.2) is 4.98 Å². The minimum Gasteiger partial charge on any atom is -0.344 e. The van der Waals surface area contributed by atoms with Crippen molar-refractivity contribution >= 4 is 16.9 Å². The normalized spacial score (nSPS) is 10.8. The number of fused-ring (bicyclic) bond motifs is 1. The Morgan fingerprint density at radius 2 is 2.22 bits per heavy atom. The van der Waals surface area contributed by atoms with Crippen molar-refractivity contribution in [2.24, 2.45) is 7.05 Å². The predicted molar refractivity (Wildman–Crippen MR) is 66.1 cm³/mol. The van der Waals surface area contributed by atoms with Crippen LogP contribution in [-0.2, 0) is 18.4 Å². The highest BCUT2D eigenvalue weighted by atomic mass is 16.2. The van der Waals surface area contributed by atoms with Crippen LogP contribution in [0.15, 0.2) is 17.3 Å². The SMILES string of the molecule is CCN(C)C(=O)Cn1cnc2c(cnn2C)c1=O. The third kappa shape index (κ3) is 1.99. The summed E-state index contributed by atoms with van der Waals surface area (Å²) in [5.41, 5.74) is 0.276. The third-order valence-electron chi connectivity index (χ3n) is 2.92. The fourth-order valence-electron chi connectivity index (χ4n) is 1.62. The first kappa shape index (κ1) is 12.3. The predicted octanol–water partition coefficient (Wildman–Crippen LogP) is -0.392. The van der Waals surface area contributed by atoms with Gasteiger partial charge in [0.25, 0.3) is 5.56 Å². The smallest absolute Gasteiger partial charge is 0.264 e. The van der Waals surface area contributed by atoms with E-state index in [4.69, 9.17) is 0 Å². The van der Waals surface area contributed by atoms with Crippen LogP contribution in [0.3, 0.4) is 0 Å². The molecular weight excluding hydrogens is 234 g/mol. The van der Waals surface area contributed by atoms with Crippen molar-refractivity contribution in [3.05, 3.63) is 22.9 Å². The van der Waals surface area contributed by atoms with Crippen LogP contribution in [0.5, 0.6) is 0 Å². The molecule has 2 heterocycles. The molecule has 2 aromatic heterocycles. The Kier molecular flexibility index (Phi) is 3.14. The zero-order valence-electron chi connectivity index (χ0n) is 10.6. The molecule has 0 aliphatic heterocycles. The minimum atomic E-state index is -0.244. The number of rotatable bonds is 3. The van der Waals surface area contributed by atoms with E-state index in [2.05, 4.69) is 10.1 Å². The molecule has 18 heavy (non-hydrogen) atoms. The molecule has 0 aliphatic rings. The highest BCUT2D eigenvalue weighted by molar-refractivity contribution is 5.77. The summed E-state index contributed by atoms with van der Waals surface area (Å²) in [5, 5.41) is 4.40. The van der Waals surface area contributed by atoms with Gasteiger partial charge in [-0.3, -0.25) is 18.8 Å². The summed E-state index contributed by atoms with van der Waals surface area (Å²) in [5.74, 6) is -0.121. The van der Waals surface area contributed by atoms with Gasteiger partial charge in [0.15, 0.2) is 5.65 Å². The molecule has 7 nitrogen and oxygen atoms in total. The maximum Gasteiger partial charge on any atom is 0.264 e. The number of carbonyl (C=O) groups is 1. The van der Waals surface area contributed by atoms with Gasteiger partial charge >= 0.3 is 0 Å². The van der Waals surface area contributed by atoms with Crippen LogP contribution >= 0.6 is 0 Å². The van der Waals surface area contributed by atoms with Gasteiger partial charge in [0.1, 0.15) is 18.3 Å². The monoisotopic (exact) mass is 249 g/mol. The van der Waals surface area contributed by atoms with Crippen LogP contribution < -0.4 is 5.56 Å². The molecule has 0 saturated heterocycles. The molecule has 0 aliphatic carbocycles. The van der Waals surface area contributed by atoms with Crippen molar-refractivity contribution in [3.8, 4) is 0 Å². The van der Waals surface area contributed by atoms with Crippen LogP contribution in [0.25, 0.3) is 11.0 Å². The minimum absolute atomic E-state index is 0.001000. The summed E-state index contributed by atoms with van der Waals surface area (Å²) < 4.78 is 2.83. The van der Waals surface area contributed by atoms with Crippen LogP contribution in [0.4, 0.5) is 0 Å². The highest BCUT2D eigenvalue weighted by Gasteiger charge is 2.12. The Morgan fingerprint density at radius 3 is 2.89 bits per heavy atom. The van der Waals surface area contributed by atoms with E-state index in [0.29, 0.717) is 17.6 Å². The number of aromatic nitrogens is 4. The van der Waals surface area contributed by atoms with Crippen molar-refractivity contribution in [3.63, 3.8) is 0 Å². The van der Waals surface area contributed by atoms with Crippen molar-refractivity contribution in [2.45, 2.75) is 13.5 Å². The first-order valence-corrected chi connectivity index (χ1v) is 5.65. The van der Waals surface area contributed by atoms with E-state index in [-0.39, 0.29) is 18.0 Å². The topological polar surface area (TPSA) is 73.0 Å². The molecule has 1 amide bonds. The van der Waals surface area contributed by atoms with Gasteiger partial charge in [-0.05, 0) is 6.92 Å². The van der Waals surface area contributed by atoms with E-state index >= 15 is 0 Å². The lowest BCUT2D eigenvalue weighted by molar-refractivity contribution is -0.130. The molecule has 96 valence electrons. The van der Waals surface area contributed by atoms with Gasteiger partial charge in [0.2, 0.25) is 5.91 Å². The Morgan fingerprint density at radius 1 is 1.50 bits per heavy atom. The molecular formula is C11H15N5O2. The van der Waals surface area contributed by atoms with E-state index in [0.717, 1.165) is 0 Å². The van der Waals surface area contributed by atoms with Crippen molar-refractivity contribution in [1.29, 1.82) is 0 Å². The Hall–Kier alpha value is -2.18. The quantitative estimate of drug-likeness (QED) is 0.742. The van der Waals surface area contributed by atoms with Crippen LogP contribution in [0.1, 0.15) is 6.92 Å². The molecule has 2 aromatic rings. The Balaban J connectivity index is 2.38. The lowest BCUT2D eigenvalue weighted by Gasteiger charge is -2.14. The maximum atomic E-state index is 12.1. The Bertz CT molecular complexity index is 642. The number of carbonyl (C=O) groups excluding carboxylic acids is 1. The number of hydrogen-bond donors (Lipinski definition) is 0. The van der Waals surface area contributed by atoms with Crippen molar-refractivity contribution < 1.29 is 4.79 Å². The number of aryl methyl sites for hydroxylation is 1. The summed E-state index contributed by atoms with van der Waals surface area (Å²) in [6.45, 7) is 2.49. The number of hydrogen-bond acceptors (Lipinski definition) is 4. The molecule has 2 rings (SSSR count). The van der Waals surface area contributed by atoms with Crippen molar-refractivity contribution in [1.82, 2.24) is 24.2 Å². The average molecular weight is 249 g/mol. The number of nitrogens with zero attached hydrogens (tertiary/aromatic N) is 5. The van der Waals surface area contributed by atoms with Crippen LogP contribution in [0, 0.1) is 0 Å². The zero-order valence-corrected chi connectivity index (χ0v) is 10.6. The standard InChI is InChI=1S/C11H15N5O2/c1-4-14(2)9(17)6-16-7-12-10-8(11(16)18)5-13-15(10)3/h5,7H,4,6H2,1-3H3. The van der Waals surface area contributed by atoms with Gasteiger partial charge in [-0.1, -0.05) is 0 Å². The summed E-state index contributed by atoms with van der Waals surface area (Å²) in [4.78, 5) is 29.5. The lowest BCUT2D eigenvalue weighted by Crippen LogP contribution is -2.33. The first-order valence-electron chi connectivity index (χ1n) is 5.65. The van der Waals surface area contributed by atoms with E-state index < -0.39 is 0 Å². The molecule has 0 bridgehead atoms. The number of amides is 1. The van der Waals surface area contributed by atoms with Crippen LogP contribution in [-0.4, -0.2) is 43.7 Å². The van der Waals surface area contributed by atoms with Gasteiger partial charge in [-0.2, -0.15) is 5.10 Å². The molecule has 0 unspecified atom stereocenters. The summed E-state index contributed by atoms with van der Waals surface area (Å²) >= 11 is 0. The molecule has 0 spiro atoms. The maximum absolute atomic E-state index is 12.1. The molecule has 0 N–H and O–H groups in total. The van der Waals surface area contributed by atoms with Crippen LogP contribution in [0.2, 0.25) is 0 Å². The zero-order chi connectivity index (χ0) is 13.3. The second kappa shape index (κ2) is 4.59. The highest BCUT2D eigenvalue weighted by Crippen LogP contribution is 2.03. The lowest BCUT2D eigenvalue weighted by atomic mass is 10.4. The van der Waals surface area contributed by atoms with E-state index in [1.807, 2.05) is 6.92 Å². The van der Waals surface area contributed by atoms with Gasteiger partial charge in [0.05, 0.1) is 6.20 Å². The summed E-state index contributed by atoms with van der Waals surface area (Å²) in [6, 6.07) is 0. The molecule has 0 saturated carbocycles. The Labute approximate surface area is 104 Å². The fraction of sp³-hybridized carbons (Fsp3) is 0.455. The van der Waals surface area contributed by atoms with Gasteiger partial charge in [-0.15, -0.1) is 0 Å². The average Bonchev–Trinajstić information content (AvgIpc) is 2.74. The first-order chi connectivity index (χ1) is 8.54. The summed E-state index contributed by atoms with van der Waals surface area (Å²) in [6.07, 6.45) is 2.85. The van der Waals surface area contributed by atoms with Gasteiger partial charge < -0.3 is 4.90 Å². The molecule has 0 atom stereocenters. The van der Waals surface area contributed by atoms with Gasteiger partial charge in [0, 0.05) is 20.6 Å². The molecule has 0 fully saturated rings. The van der Waals surface area contributed by atoms with E-state index in [9.17, 15) is 9.59 Å².